The van der Waals surface area contributed by atoms with E-state index in [1.165, 1.54) is 16.3 Å². The normalized spacial score (nSPS) is 10.6. The van der Waals surface area contributed by atoms with Crippen LogP contribution in [0, 0.1) is 0 Å². The van der Waals surface area contributed by atoms with Gasteiger partial charge in [0.05, 0.1) is 0 Å². The van der Waals surface area contributed by atoms with Crippen molar-refractivity contribution in [3.05, 3.63) is 48.0 Å². The van der Waals surface area contributed by atoms with Gasteiger partial charge in [-0.2, -0.15) is 0 Å². The number of halogens is 1. The average molecular weight is 205 g/mol. The summed E-state index contributed by atoms with van der Waals surface area (Å²) in [7, 11) is 0. The van der Waals surface area contributed by atoms with Crippen molar-refractivity contribution in [3.63, 3.8) is 0 Å². The highest BCUT2D eigenvalue weighted by atomic mass is 35.5. The molecule has 2 aromatic rings. The van der Waals surface area contributed by atoms with Crippen LogP contribution < -0.4 is 0 Å². The molecule has 0 spiro atoms. The van der Waals surface area contributed by atoms with Gasteiger partial charge in [-0.15, -0.1) is 11.6 Å². The zero-order valence-electron chi connectivity index (χ0n) is 8.04. The third kappa shape index (κ3) is 1.91. The molecule has 0 aliphatic heterocycles. The molecule has 72 valence electrons. The first-order valence-corrected chi connectivity index (χ1v) is 5.48. The van der Waals surface area contributed by atoms with Crippen molar-refractivity contribution in [1.29, 1.82) is 0 Å². The fourth-order valence-corrected chi connectivity index (χ4v) is 1.90. The number of aryl methyl sites for hydroxylation is 1. The summed E-state index contributed by atoms with van der Waals surface area (Å²) >= 11 is 5.70. The average Bonchev–Trinajstić information content (AvgIpc) is 2.26. The first-order valence-electron chi connectivity index (χ1n) is 4.94. The summed E-state index contributed by atoms with van der Waals surface area (Å²) in [6.45, 7) is 0. The summed E-state index contributed by atoms with van der Waals surface area (Å²) in [6, 6.07) is 15.0. The Balaban J connectivity index is 2.43. The number of alkyl halides is 1. The Morgan fingerprint density at radius 3 is 2.57 bits per heavy atom. The zero-order chi connectivity index (χ0) is 9.80. The van der Waals surface area contributed by atoms with Crippen molar-refractivity contribution in [2.45, 2.75) is 12.8 Å². The minimum Gasteiger partial charge on any atom is -0.127 e. The predicted octanol–water partition coefficient (Wildman–Crippen LogP) is 4.01. The lowest BCUT2D eigenvalue weighted by Gasteiger charge is -2.04. The highest BCUT2D eigenvalue weighted by molar-refractivity contribution is 6.17. The molecule has 1 heteroatoms. The lowest BCUT2D eigenvalue weighted by Crippen LogP contribution is -1.87. The molecular formula is C13H13Cl. The second kappa shape index (κ2) is 4.47. The maximum atomic E-state index is 5.70. The molecule has 0 saturated carbocycles. The maximum Gasteiger partial charge on any atom is 0.0226 e. The number of hydrogen-bond acceptors (Lipinski definition) is 0. The van der Waals surface area contributed by atoms with Crippen molar-refractivity contribution >= 4 is 22.4 Å². The second-order valence-corrected chi connectivity index (χ2v) is 3.81. The largest absolute Gasteiger partial charge is 0.127 e. The highest BCUT2D eigenvalue weighted by Crippen LogP contribution is 2.19. The van der Waals surface area contributed by atoms with Crippen LogP contribution in [-0.4, -0.2) is 5.88 Å². The van der Waals surface area contributed by atoms with Gasteiger partial charge in [-0.05, 0) is 29.2 Å². The van der Waals surface area contributed by atoms with E-state index < -0.39 is 0 Å². The fourth-order valence-electron chi connectivity index (χ4n) is 1.77. The molecule has 0 radical (unpaired) electrons. The molecule has 0 amide bonds. The second-order valence-electron chi connectivity index (χ2n) is 3.43. The molecule has 2 aromatic carbocycles. The number of rotatable bonds is 3. The fraction of sp³-hybridized carbons (Fsp3) is 0.231. The van der Waals surface area contributed by atoms with E-state index in [0.717, 1.165) is 18.7 Å². The molecule has 0 aliphatic carbocycles. The molecule has 0 bridgehead atoms. The third-order valence-electron chi connectivity index (χ3n) is 2.46. The van der Waals surface area contributed by atoms with Crippen LogP contribution in [0.1, 0.15) is 12.0 Å². The van der Waals surface area contributed by atoms with Gasteiger partial charge in [-0.3, -0.25) is 0 Å². The van der Waals surface area contributed by atoms with Gasteiger partial charge in [0.1, 0.15) is 0 Å². The number of fused-ring (bicyclic) bond motifs is 1. The standard InChI is InChI=1S/C13H13Cl/c14-10-4-8-12-7-3-6-11-5-1-2-9-13(11)12/h1-3,5-7,9H,4,8,10H2. The minimum absolute atomic E-state index is 0.739. The molecule has 0 aromatic heterocycles. The molecule has 2 rings (SSSR count). The Morgan fingerprint density at radius 2 is 1.71 bits per heavy atom. The van der Waals surface area contributed by atoms with Crippen molar-refractivity contribution < 1.29 is 0 Å². The molecule has 14 heavy (non-hydrogen) atoms. The van der Waals surface area contributed by atoms with E-state index in [1.54, 1.807) is 0 Å². The van der Waals surface area contributed by atoms with Gasteiger partial charge < -0.3 is 0 Å². The lowest BCUT2D eigenvalue weighted by molar-refractivity contribution is 0.937. The van der Waals surface area contributed by atoms with Gasteiger partial charge in [0.2, 0.25) is 0 Å². The van der Waals surface area contributed by atoms with Gasteiger partial charge in [0.25, 0.3) is 0 Å². The van der Waals surface area contributed by atoms with E-state index >= 15 is 0 Å². The molecule has 0 atom stereocenters. The van der Waals surface area contributed by atoms with Crippen LogP contribution in [0.4, 0.5) is 0 Å². The Morgan fingerprint density at radius 1 is 0.929 bits per heavy atom. The summed E-state index contributed by atoms with van der Waals surface area (Å²) in [4.78, 5) is 0. The van der Waals surface area contributed by atoms with Crippen LogP contribution in [0.5, 0.6) is 0 Å². The van der Waals surface area contributed by atoms with E-state index in [-0.39, 0.29) is 0 Å². The first kappa shape index (κ1) is 9.54. The van der Waals surface area contributed by atoms with Crippen molar-refractivity contribution in [2.24, 2.45) is 0 Å². The van der Waals surface area contributed by atoms with E-state index in [4.69, 9.17) is 11.6 Å². The molecule has 0 unspecified atom stereocenters. The SMILES string of the molecule is ClCCCc1cccc2ccccc12. The molecule has 0 N–H and O–H groups in total. The van der Waals surface area contributed by atoms with Gasteiger partial charge >= 0.3 is 0 Å². The molecule has 0 heterocycles. The molecule has 0 saturated heterocycles. The van der Waals surface area contributed by atoms with Crippen LogP contribution >= 0.6 is 11.6 Å². The zero-order valence-corrected chi connectivity index (χ0v) is 8.80. The quantitative estimate of drug-likeness (QED) is 0.663. The van der Waals surface area contributed by atoms with E-state index in [9.17, 15) is 0 Å². The Labute approximate surface area is 89.5 Å². The van der Waals surface area contributed by atoms with Crippen LogP contribution in [0.15, 0.2) is 42.5 Å². The van der Waals surface area contributed by atoms with E-state index in [2.05, 4.69) is 42.5 Å². The summed E-state index contributed by atoms with van der Waals surface area (Å²) in [6.07, 6.45) is 2.13. The van der Waals surface area contributed by atoms with Gasteiger partial charge in [0.15, 0.2) is 0 Å². The Hall–Kier alpha value is -1.01. The summed E-state index contributed by atoms with van der Waals surface area (Å²) in [5.41, 5.74) is 1.41. The molecule has 0 fully saturated rings. The Kier molecular flexibility index (Phi) is 3.05. The lowest BCUT2D eigenvalue weighted by atomic mass is 10.0. The predicted molar refractivity (Wildman–Crippen MR) is 63.0 cm³/mol. The smallest absolute Gasteiger partial charge is 0.0226 e. The number of benzene rings is 2. The highest BCUT2D eigenvalue weighted by Gasteiger charge is 1.98. The van der Waals surface area contributed by atoms with Gasteiger partial charge in [-0.1, -0.05) is 42.5 Å². The summed E-state index contributed by atoms with van der Waals surface area (Å²) in [5, 5.41) is 2.68. The van der Waals surface area contributed by atoms with Crippen molar-refractivity contribution in [1.82, 2.24) is 0 Å². The summed E-state index contributed by atoms with van der Waals surface area (Å²) in [5.74, 6) is 0.739. The van der Waals surface area contributed by atoms with Crippen molar-refractivity contribution in [2.75, 3.05) is 5.88 Å². The van der Waals surface area contributed by atoms with Gasteiger partial charge in [0, 0.05) is 5.88 Å². The summed E-state index contributed by atoms with van der Waals surface area (Å²) < 4.78 is 0. The first-order chi connectivity index (χ1) is 6.92. The minimum atomic E-state index is 0.739. The number of hydrogen-bond donors (Lipinski definition) is 0. The topological polar surface area (TPSA) is 0 Å². The maximum absolute atomic E-state index is 5.70. The van der Waals surface area contributed by atoms with Crippen molar-refractivity contribution in [3.8, 4) is 0 Å². The van der Waals surface area contributed by atoms with Crippen LogP contribution in [0.3, 0.4) is 0 Å². The molecule has 0 nitrogen and oxygen atoms in total. The van der Waals surface area contributed by atoms with E-state index in [0.29, 0.717) is 0 Å². The van der Waals surface area contributed by atoms with Crippen LogP contribution in [0.25, 0.3) is 10.8 Å². The molecular weight excluding hydrogens is 192 g/mol. The Bertz CT molecular complexity index is 415. The van der Waals surface area contributed by atoms with E-state index in [1.807, 2.05) is 0 Å². The molecule has 0 aliphatic rings. The third-order valence-corrected chi connectivity index (χ3v) is 2.73. The van der Waals surface area contributed by atoms with Gasteiger partial charge in [-0.25, -0.2) is 0 Å². The monoisotopic (exact) mass is 204 g/mol. The van der Waals surface area contributed by atoms with Crippen LogP contribution in [-0.2, 0) is 6.42 Å². The van der Waals surface area contributed by atoms with Crippen LogP contribution in [0.2, 0.25) is 0 Å².